The van der Waals surface area contributed by atoms with E-state index in [2.05, 4.69) is 64.1 Å². The average Bonchev–Trinajstić information content (AvgIpc) is 1.35. The van der Waals surface area contributed by atoms with Gasteiger partial charge < -0.3 is 9.47 Å². The van der Waals surface area contributed by atoms with E-state index in [1.807, 2.05) is 6.92 Å². The number of thioether (sulfide) groups is 4. The number of ether oxygens (including phenoxy) is 2. The lowest BCUT2D eigenvalue weighted by atomic mass is 9.68. The zero-order chi connectivity index (χ0) is 57.8. The van der Waals surface area contributed by atoms with Crippen molar-refractivity contribution in [3.63, 3.8) is 0 Å². The van der Waals surface area contributed by atoms with E-state index in [4.69, 9.17) is 9.47 Å². The van der Waals surface area contributed by atoms with Crippen molar-refractivity contribution in [2.75, 3.05) is 6.61 Å². The minimum absolute atomic E-state index is 0.0120. The van der Waals surface area contributed by atoms with Gasteiger partial charge in [0.05, 0.1) is 25.9 Å². The Morgan fingerprint density at radius 1 is 0.298 bits per heavy atom. The summed E-state index contributed by atoms with van der Waals surface area (Å²) in [6, 6.07) is 15.7. The summed E-state index contributed by atoms with van der Waals surface area (Å²) in [5.74, 6) is -0.843. The van der Waals surface area contributed by atoms with Gasteiger partial charge in [0.25, 0.3) is 0 Å². The highest BCUT2D eigenvalue weighted by Gasteiger charge is 3.01. The van der Waals surface area contributed by atoms with Gasteiger partial charge in [-0.15, -0.1) is 0 Å². The molecule has 2 heterocycles. The van der Waals surface area contributed by atoms with Crippen molar-refractivity contribution in [3.8, 4) is 0 Å². The molecule has 31 aromatic carbocycles. The van der Waals surface area contributed by atoms with Gasteiger partial charge in [0.15, 0.2) is 5.41 Å². The van der Waals surface area contributed by atoms with Crippen molar-refractivity contribution >= 4 is 380 Å². The first-order valence-corrected chi connectivity index (χ1v) is 37.0. The largest absolute Gasteiger partial charge is 0.465 e. The van der Waals surface area contributed by atoms with Crippen molar-refractivity contribution in [1.29, 1.82) is 0 Å². The number of esters is 2. The van der Waals surface area contributed by atoms with Gasteiger partial charge in [0.2, 0.25) is 0 Å². The van der Waals surface area contributed by atoms with Gasteiger partial charge in [-0.05, 0) is 375 Å². The molecule has 2 aliphatic heterocycles. The first-order valence-electron chi connectivity index (χ1n) is 33.4. The number of hydrogen-bond acceptors (Lipinski definition) is 8. The lowest BCUT2D eigenvalue weighted by Gasteiger charge is -2.32. The molecular weight excluding hydrogens is 1230 g/mol. The summed E-state index contributed by atoms with van der Waals surface area (Å²) in [7, 11) is 0. The Balaban J connectivity index is 0.798. The number of carbonyl (C=O) groups excluding carboxylic acids is 2. The minimum Gasteiger partial charge on any atom is -0.465 e. The quantitative estimate of drug-likeness (QED) is 0.0731. The van der Waals surface area contributed by atoms with Crippen LogP contribution in [0.5, 0.6) is 0 Å². The minimum atomic E-state index is -1.81. The number of hydrogen-bond donors (Lipinski definition) is 0. The van der Waals surface area contributed by atoms with Crippen LogP contribution in [0.15, 0.2) is 64.1 Å². The molecule has 0 saturated heterocycles. The molecule has 1 fully saturated rings. The molecule has 7 aliphatic rings. The molecule has 8 heteroatoms. The maximum atomic E-state index is 18.1. The van der Waals surface area contributed by atoms with E-state index in [0.717, 1.165) is 10.9 Å². The van der Waals surface area contributed by atoms with Crippen molar-refractivity contribution in [3.05, 3.63) is 102 Å². The third-order valence-corrected chi connectivity index (χ3v) is 34.2. The maximum Gasteiger partial charge on any atom is 0.326 e. The number of rotatable bonds is 5. The van der Waals surface area contributed by atoms with E-state index in [9.17, 15) is 0 Å². The number of carbonyl (C=O) groups is 2. The second-order valence-electron chi connectivity index (χ2n) is 31.1. The standard InChI is InChI=1S/C86H18O4S4/c1-2-89-82(87)86(83(88)90-14-15-7-8-18-19(13-15)21(81-93-11-12-94-81)17-6-4-3-5-16(17)20(18)80-91-9-10-92-80)84-76-68-60-50-40-32-24-22-23-26-30-28(24)36-44-38(30)48-42-34(26)35-27(23)31-29-25(22)33(32)41-47-37(29)45-39(31)49-43(35)53-52(42)62-56(48)66-58(44)64(54(60)46(36)40)72(76)74(66)78-70(62)71-63(53)57(49)67-59(45)65-55(47)61(51(41)50)69(68)77(84)73(65)75(67)79(71)85(78,84)86/h3-13H,2,14H2,1H3. The van der Waals surface area contributed by atoms with Crippen molar-refractivity contribution < 1.29 is 19.1 Å². The summed E-state index contributed by atoms with van der Waals surface area (Å²) in [6.07, 6.45) is 0. The Morgan fingerprint density at radius 2 is 0.532 bits per heavy atom. The summed E-state index contributed by atoms with van der Waals surface area (Å²) in [6.45, 7) is 2.12. The molecule has 2 spiro atoms. The van der Waals surface area contributed by atoms with E-state index in [0.29, 0.717) is 0 Å². The monoisotopic (exact) mass is 1240 g/mol. The van der Waals surface area contributed by atoms with Crippen LogP contribution in [0.1, 0.15) is 34.7 Å². The van der Waals surface area contributed by atoms with Crippen molar-refractivity contribution in [2.24, 2.45) is 5.41 Å². The van der Waals surface area contributed by atoms with E-state index >= 15 is 9.59 Å². The van der Waals surface area contributed by atoms with Crippen molar-refractivity contribution in [2.45, 2.75) is 24.4 Å². The third kappa shape index (κ3) is 2.55. The highest BCUT2D eigenvalue weighted by Crippen LogP contribution is 2.96. The zero-order valence-electron chi connectivity index (χ0n) is 48.0. The Kier molecular flexibility index (Phi) is 4.40. The molecule has 31 aromatic rings. The second-order valence-corrected chi connectivity index (χ2v) is 35.2. The van der Waals surface area contributed by atoms with Crippen LogP contribution in [0.25, 0.3) is 321 Å². The molecule has 4 nitrogen and oxygen atoms in total. The Labute approximate surface area is 533 Å². The number of benzene rings is 21. The van der Waals surface area contributed by atoms with Gasteiger partial charge in [-0.3, -0.25) is 9.59 Å². The molecular formula is C86H18O4S4. The fourth-order valence-electron chi connectivity index (χ4n) is 29.2. The van der Waals surface area contributed by atoms with Crippen LogP contribution in [0.2, 0.25) is 0 Å². The maximum absolute atomic E-state index is 18.1. The molecule has 0 radical (unpaired) electrons. The lowest BCUT2D eigenvalue weighted by Crippen LogP contribution is -2.38. The molecule has 410 valence electrons. The molecule has 0 N–H and O–H groups in total. The van der Waals surface area contributed by atoms with Gasteiger partial charge >= 0.3 is 11.9 Å². The third-order valence-electron chi connectivity index (χ3n) is 29.9. The van der Waals surface area contributed by atoms with Crippen molar-refractivity contribution in [1.82, 2.24) is 0 Å². The van der Waals surface area contributed by atoms with Gasteiger partial charge in [-0.25, -0.2) is 0 Å². The van der Waals surface area contributed by atoms with Gasteiger partial charge in [0, 0.05) is 10.4 Å². The predicted octanol–water partition coefficient (Wildman–Crippen LogP) is 21.9. The van der Waals surface area contributed by atoms with Gasteiger partial charge in [-0.2, -0.15) is 0 Å². The molecule has 5 aliphatic carbocycles. The fraction of sp³-hybridized carbons (Fsp3) is 0.0698. The lowest BCUT2D eigenvalue weighted by molar-refractivity contribution is -0.167. The van der Waals surface area contributed by atoms with Crippen LogP contribution in [-0.2, 0) is 36.5 Å². The van der Waals surface area contributed by atoms with Gasteiger partial charge in [0.1, 0.15) is 6.61 Å². The Morgan fingerprint density at radius 3 is 0.798 bits per heavy atom. The first-order chi connectivity index (χ1) is 46.7. The van der Waals surface area contributed by atoms with Crippen LogP contribution >= 0.6 is 47.0 Å². The van der Waals surface area contributed by atoms with Crippen LogP contribution in [0.3, 0.4) is 0 Å². The predicted molar refractivity (Wildman–Crippen MR) is 399 cm³/mol. The SMILES string of the molecule is CCOC(=O)C1(C(=O)OCc2ccc3c(=C4SC=CS4)c4ccccc4c(=C4SC=CS4)c3c2)C23c4c5c6c7c8c9c(c%10c%11c2c2c4c4c%12c5c5c6c6c8c8c%13c9c9c%10c%10c%11c%11c2c2c4c4c%12c%12c5c5c6c8c6c8c%13c9c9c%10c%10c%11c2c2c4c4c%12c5c6c5c8c9c%10c2c45)C713. The first kappa shape index (κ1) is 40.3. The molecule has 0 atom stereocenters. The van der Waals surface area contributed by atoms with E-state index in [1.165, 1.54) is 294 Å². The normalized spacial score (nSPS) is 22.5. The number of fused-ring (bicyclic) bond motifs is 2. The molecule has 0 bridgehead atoms. The molecule has 0 amide bonds. The fourth-order valence-corrected chi connectivity index (χ4v) is 33.0. The summed E-state index contributed by atoms with van der Waals surface area (Å²) in [4.78, 5) is 35.7. The Hall–Kier alpha value is -9.80. The smallest absolute Gasteiger partial charge is 0.326 e. The molecule has 1 saturated carbocycles. The summed E-state index contributed by atoms with van der Waals surface area (Å²) in [5.41, 5.74) is 1.80. The average molecular weight is 1240 g/mol. The topological polar surface area (TPSA) is 52.6 Å². The molecule has 0 unspecified atom stereocenters. The zero-order valence-corrected chi connectivity index (χ0v) is 51.3. The second kappa shape index (κ2) is 10.2. The summed E-state index contributed by atoms with van der Waals surface area (Å²) < 4.78 is 17.0. The van der Waals surface area contributed by atoms with E-state index in [1.54, 1.807) is 101 Å². The summed E-state index contributed by atoms with van der Waals surface area (Å²) in [5, 5.41) is 95.5. The van der Waals surface area contributed by atoms with Crippen LogP contribution < -0.4 is 10.4 Å². The highest BCUT2D eigenvalue weighted by molar-refractivity contribution is 8.35. The molecule has 0 aromatic heterocycles. The van der Waals surface area contributed by atoms with Crippen LogP contribution in [-0.4, -0.2) is 18.5 Å². The van der Waals surface area contributed by atoms with Crippen LogP contribution in [0.4, 0.5) is 0 Å². The van der Waals surface area contributed by atoms with Crippen LogP contribution in [0, 0.1) is 5.41 Å². The summed E-state index contributed by atoms with van der Waals surface area (Å²) >= 11 is 7.16. The highest BCUT2D eigenvalue weighted by atomic mass is 32.2. The van der Waals surface area contributed by atoms with E-state index in [-0.39, 0.29) is 13.2 Å². The molecule has 38 rings (SSSR count). The van der Waals surface area contributed by atoms with Gasteiger partial charge in [-0.1, -0.05) is 83.4 Å². The molecule has 94 heavy (non-hydrogen) atoms. The Bertz CT molecular complexity index is 8660. The van der Waals surface area contributed by atoms with E-state index < -0.39 is 28.2 Å².